The van der Waals surface area contributed by atoms with Gasteiger partial charge in [-0.2, -0.15) is 4.68 Å². The van der Waals surface area contributed by atoms with E-state index >= 15 is 0 Å². The van der Waals surface area contributed by atoms with Crippen LogP contribution >= 0.6 is 23.4 Å². The third-order valence-electron chi connectivity index (χ3n) is 3.71. The minimum Gasteiger partial charge on any atom is -0.339 e. The smallest absolute Gasteiger partial charge is 0.233 e. The molecule has 0 atom stereocenters. The van der Waals surface area contributed by atoms with Crippen LogP contribution in [0.2, 0.25) is 5.02 Å². The van der Waals surface area contributed by atoms with Crippen LogP contribution in [0.1, 0.15) is 26.7 Å². The van der Waals surface area contributed by atoms with Gasteiger partial charge in [-0.25, -0.2) is 0 Å². The summed E-state index contributed by atoms with van der Waals surface area (Å²) in [5.41, 5.74) is 0.820. The molecular formula is C16H20ClN5OS. The zero-order valence-corrected chi connectivity index (χ0v) is 15.3. The lowest BCUT2D eigenvalue weighted by atomic mass is 10.2. The zero-order chi connectivity index (χ0) is 17.1. The van der Waals surface area contributed by atoms with E-state index in [0.29, 0.717) is 27.9 Å². The molecular weight excluding hydrogens is 346 g/mol. The summed E-state index contributed by atoms with van der Waals surface area (Å²) in [6.07, 6.45) is 2.23. The molecule has 3 rings (SSSR count). The summed E-state index contributed by atoms with van der Waals surface area (Å²) in [4.78, 5) is 14.6. The van der Waals surface area contributed by atoms with Gasteiger partial charge in [0.1, 0.15) is 0 Å². The first kappa shape index (κ1) is 17.2. The van der Waals surface area contributed by atoms with Gasteiger partial charge in [0, 0.05) is 17.6 Å². The van der Waals surface area contributed by atoms with Crippen LogP contribution in [0.5, 0.6) is 0 Å². The van der Waals surface area contributed by atoms with Gasteiger partial charge in [0.2, 0.25) is 11.1 Å². The Kier molecular flexibility index (Phi) is 5.40. The fourth-order valence-corrected chi connectivity index (χ4v) is 3.36. The lowest BCUT2D eigenvalue weighted by molar-refractivity contribution is -0.129. The number of carbonyl (C=O) groups is 1. The van der Waals surface area contributed by atoms with E-state index in [4.69, 9.17) is 11.6 Å². The Labute approximate surface area is 150 Å². The third kappa shape index (κ3) is 4.27. The summed E-state index contributed by atoms with van der Waals surface area (Å²) in [5, 5.41) is 13.0. The molecule has 1 heterocycles. The van der Waals surface area contributed by atoms with Gasteiger partial charge in [0.15, 0.2) is 0 Å². The lowest BCUT2D eigenvalue weighted by Gasteiger charge is -2.24. The molecule has 1 aromatic heterocycles. The molecule has 0 saturated heterocycles. The molecule has 0 bridgehead atoms. The van der Waals surface area contributed by atoms with E-state index in [1.165, 1.54) is 11.8 Å². The van der Waals surface area contributed by atoms with Gasteiger partial charge in [-0.1, -0.05) is 37.2 Å². The van der Waals surface area contributed by atoms with E-state index < -0.39 is 0 Å². The maximum Gasteiger partial charge on any atom is 0.233 e. The number of hydrogen-bond acceptors (Lipinski definition) is 5. The maximum atomic E-state index is 12.6. The Morgan fingerprint density at radius 1 is 1.38 bits per heavy atom. The number of carbonyl (C=O) groups excluding carboxylic acids is 1. The minimum absolute atomic E-state index is 0.154. The molecule has 1 aliphatic rings. The first-order valence-electron chi connectivity index (χ1n) is 8.01. The standard InChI is InChI=1S/C16H20ClN5OS/c1-11(2)9-21(13-7-8-13)15(23)10-24-16-18-19-20-22(16)14-5-3-12(17)4-6-14/h3-6,11,13H,7-10H2,1-2H3. The van der Waals surface area contributed by atoms with E-state index in [2.05, 4.69) is 29.4 Å². The molecule has 8 heteroatoms. The lowest BCUT2D eigenvalue weighted by Crippen LogP contribution is -2.37. The molecule has 6 nitrogen and oxygen atoms in total. The number of nitrogens with zero attached hydrogens (tertiary/aromatic N) is 5. The van der Waals surface area contributed by atoms with Crippen molar-refractivity contribution in [3.05, 3.63) is 29.3 Å². The van der Waals surface area contributed by atoms with Crippen LogP contribution in [-0.4, -0.2) is 49.4 Å². The number of aromatic nitrogens is 4. The molecule has 1 aliphatic carbocycles. The number of rotatable bonds is 7. The molecule has 1 fully saturated rings. The number of benzene rings is 1. The molecule has 0 radical (unpaired) electrons. The van der Waals surface area contributed by atoms with E-state index in [1.807, 2.05) is 17.0 Å². The Morgan fingerprint density at radius 2 is 2.08 bits per heavy atom. The van der Waals surface area contributed by atoms with Crippen molar-refractivity contribution in [1.82, 2.24) is 25.1 Å². The van der Waals surface area contributed by atoms with Gasteiger partial charge in [-0.15, -0.1) is 5.10 Å². The normalized spacial score (nSPS) is 14.2. The largest absolute Gasteiger partial charge is 0.339 e. The summed E-state index contributed by atoms with van der Waals surface area (Å²) < 4.78 is 1.62. The van der Waals surface area contributed by atoms with Crippen molar-refractivity contribution >= 4 is 29.3 Å². The van der Waals surface area contributed by atoms with Crippen molar-refractivity contribution in [3.8, 4) is 5.69 Å². The van der Waals surface area contributed by atoms with Crippen molar-refractivity contribution < 1.29 is 4.79 Å². The molecule has 0 aliphatic heterocycles. The molecule has 0 N–H and O–H groups in total. The average molecular weight is 366 g/mol. The molecule has 128 valence electrons. The highest BCUT2D eigenvalue weighted by Crippen LogP contribution is 2.29. The topological polar surface area (TPSA) is 63.9 Å². The van der Waals surface area contributed by atoms with Crippen LogP contribution in [-0.2, 0) is 4.79 Å². The quantitative estimate of drug-likeness (QED) is 0.705. The van der Waals surface area contributed by atoms with E-state index in [-0.39, 0.29) is 5.91 Å². The Morgan fingerprint density at radius 3 is 2.71 bits per heavy atom. The van der Waals surface area contributed by atoms with Gasteiger partial charge in [-0.3, -0.25) is 4.79 Å². The predicted octanol–water partition coefficient (Wildman–Crippen LogP) is 3.05. The average Bonchev–Trinajstić information content (AvgIpc) is 3.29. The van der Waals surface area contributed by atoms with Crippen molar-refractivity contribution in [2.24, 2.45) is 5.92 Å². The van der Waals surface area contributed by atoms with Crippen LogP contribution in [0.15, 0.2) is 29.4 Å². The van der Waals surface area contributed by atoms with Crippen molar-refractivity contribution in [3.63, 3.8) is 0 Å². The summed E-state index contributed by atoms with van der Waals surface area (Å²) in [6, 6.07) is 7.69. The molecule has 1 amide bonds. The number of thioether (sulfide) groups is 1. The summed E-state index contributed by atoms with van der Waals surface area (Å²) in [7, 11) is 0. The van der Waals surface area contributed by atoms with Crippen molar-refractivity contribution in [2.75, 3.05) is 12.3 Å². The molecule has 0 spiro atoms. The van der Waals surface area contributed by atoms with Crippen LogP contribution < -0.4 is 0 Å². The summed E-state index contributed by atoms with van der Waals surface area (Å²) in [5.74, 6) is 0.970. The Hall–Kier alpha value is -1.60. The fourth-order valence-electron chi connectivity index (χ4n) is 2.46. The number of halogens is 1. The van der Waals surface area contributed by atoms with Crippen molar-refractivity contribution in [1.29, 1.82) is 0 Å². The van der Waals surface area contributed by atoms with E-state index in [0.717, 1.165) is 25.1 Å². The van der Waals surface area contributed by atoms with Gasteiger partial charge in [0.25, 0.3) is 0 Å². The molecule has 2 aromatic rings. The van der Waals surface area contributed by atoms with Gasteiger partial charge in [-0.05, 0) is 53.5 Å². The second-order valence-electron chi connectivity index (χ2n) is 6.31. The molecule has 1 saturated carbocycles. The SMILES string of the molecule is CC(C)CN(C(=O)CSc1nnnn1-c1ccc(Cl)cc1)C1CC1. The number of tetrazole rings is 1. The van der Waals surface area contributed by atoms with Crippen LogP contribution in [0, 0.1) is 5.92 Å². The number of amides is 1. The first-order valence-corrected chi connectivity index (χ1v) is 9.37. The highest BCUT2D eigenvalue weighted by molar-refractivity contribution is 7.99. The third-order valence-corrected chi connectivity index (χ3v) is 4.86. The van der Waals surface area contributed by atoms with Crippen LogP contribution in [0.25, 0.3) is 5.69 Å². The number of hydrogen-bond donors (Lipinski definition) is 0. The second-order valence-corrected chi connectivity index (χ2v) is 7.69. The summed E-state index contributed by atoms with van der Waals surface area (Å²) in [6.45, 7) is 5.08. The van der Waals surface area contributed by atoms with Crippen LogP contribution in [0.4, 0.5) is 0 Å². The van der Waals surface area contributed by atoms with Gasteiger partial charge < -0.3 is 4.90 Å². The predicted molar refractivity (Wildman–Crippen MR) is 94.5 cm³/mol. The minimum atomic E-state index is 0.154. The monoisotopic (exact) mass is 365 g/mol. The summed E-state index contributed by atoms with van der Waals surface area (Å²) >= 11 is 7.28. The second kappa shape index (κ2) is 7.53. The van der Waals surface area contributed by atoms with Crippen LogP contribution in [0.3, 0.4) is 0 Å². The van der Waals surface area contributed by atoms with E-state index in [9.17, 15) is 4.79 Å². The zero-order valence-electron chi connectivity index (χ0n) is 13.7. The van der Waals surface area contributed by atoms with Crippen molar-refractivity contribution in [2.45, 2.75) is 37.9 Å². The highest BCUT2D eigenvalue weighted by atomic mass is 35.5. The fraction of sp³-hybridized carbons (Fsp3) is 0.500. The Balaban J connectivity index is 1.65. The molecule has 1 aromatic carbocycles. The first-order chi connectivity index (χ1) is 11.5. The van der Waals surface area contributed by atoms with E-state index in [1.54, 1.807) is 16.8 Å². The maximum absolute atomic E-state index is 12.6. The van der Waals surface area contributed by atoms with Gasteiger partial charge >= 0.3 is 0 Å². The molecule has 0 unspecified atom stereocenters. The highest BCUT2D eigenvalue weighted by Gasteiger charge is 2.32. The Bertz CT molecular complexity index is 699. The molecule has 24 heavy (non-hydrogen) atoms. The van der Waals surface area contributed by atoms with Gasteiger partial charge in [0.05, 0.1) is 11.4 Å².